The van der Waals surface area contributed by atoms with Gasteiger partial charge in [-0.2, -0.15) is 0 Å². The van der Waals surface area contributed by atoms with E-state index in [0.29, 0.717) is 25.8 Å². The highest BCUT2D eigenvalue weighted by molar-refractivity contribution is 5.89. The highest BCUT2D eigenvalue weighted by atomic mass is 16.4. The number of likely N-dealkylation sites (tertiary alicyclic amines) is 1. The van der Waals surface area contributed by atoms with Crippen LogP contribution < -0.4 is 5.32 Å². The van der Waals surface area contributed by atoms with Gasteiger partial charge in [0.1, 0.15) is 6.04 Å². The molecule has 1 heterocycles. The molecule has 1 aliphatic carbocycles. The Labute approximate surface area is 124 Å². The minimum Gasteiger partial charge on any atom is -0.481 e. The molecule has 2 rings (SSSR count). The summed E-state index contributed by atoms with van der Waals surface area (Å²) in [5, 5.41) is 12.1. The molecular weight excluding hydrogens is 272 g/mol. The third-order valence-electron chi connectivity index (χ3n) is 4.65. The van der Waals surface area contributed by atoms with Gasteiger partial charge in [-0.1, -0.05) is 19.3 Å². The summed E-state index contributed by atoms with van der Waals surface area (Å²) >= 11 is 0. The Balaban J connectivity index is 2.03. The number of amides is 2. The Morgan fingerprint density at radius 3 is 2.48 bits per heavy atom. The minimum atomic E-state index is -0.887. The van der Waals surface area contributed by atoms with Gasteiger partial charge in [-0.05, 0) is 26.2 Å². The molecular formula is C15H24N2O4. The van der Waals surface area contributed by atoms with Crippen LogP contribution in [0.4, 0.5) is 0 Å². The largest absolute Gasteiger partial charge is 0.481 e. The molecule has 1 atom stereocenters. The normalized spacial score (nSPS) is 22.9. The van der Waals surface area contributed by atoms with Crippen molar-refractivity contribution in [3.05, 3.63) is 0 Å². The smallest absolute Gasteiger partial charge is 0.305 e. The molecule has 1 saturated heterocycles. The van der Waals surface area contributed by atoms with Crippen molar-refractivity contribution in [1.82, 2.24) is 10.2 Å². The van der Waals surface area contributed by atoms with Crippen molar-refractivity contribution in [2.24, 2.45) is 0 Å². The summed E-state index contributed by atoms with van der Waals surface area (Å²) in [4.78, 5) is 36.9. The quantitative estimate of drug-likeness (QED) is 0.800. The lowest BCUT2D eigenvalue weighted by molar-refractivity contribution is -0.142. The van der Waals surface area contributed by atoms with Gasteiger partial charge in [0.15, 0.2) is 0 Å². The minimum absolute atomic E-state index is 0.00794. The molecule has 0 unspecified atom stereocenters. The Bertz CT molecular complexity index is 429. The van der Waals surface area contributed by atoms with E-state index in [1.54, 1.807) is 11.8 Å². The predicted octanol–water partition coefficient (Wildman–Crippen LogP) is 1.29. The molecule has 0 radical (unpaired) electrons. The molecule has 0 bridgehead atoms. The van der Waals surface area contributed by atoms with Crippen LogP contribution in [0.3, 0.4) is 0 Å². The van der Waals surface area contributed by atoms with E-state index in [1.807, 2.05) is 0 Å². The number of carbonyl (C=O) groups excluding carboxylic acids is 2. The number of nitrogens with zero attached hydrogens (tertiary/aromatic N) is 1. The van der Waals surface area contributed by atoms with Gasteiger partial charge in [0.2, 0.25) is 11.8 Å². The zero-order valence-corrected chi connectivity index (χ0v) is 12.6. The Morgan fingerprint density at radius 1 is 1.29 bits per heavy atom. The molecule has 118 valence electrons. The topological polar surface area (TPSA) is 86.7 Å². The fourth-order valence-electron chi connectivity index (χ4n) is 3.45. The third kappa shape index (κ3) is 3.74. The summed E-state index contributed by atoms with van der Waals surface area (Å²) < 4.78 is 0. The van der Waals surface area contributed by atoms with Crippen LogP contribution in [0.25, 0.3) is 0 Å². The molecule has 1 saturated carbocycles. The lowest BCUT2D eigenvalue weighted by Gasteiger charge is -2.38. The zero-order valence-electron chi connectivity index (χ0n) is 12.6. The molecule has 21 heavy (non-hydrogen) atoms. The maximum atomic E-state index is 12.4. The van der Waals surface area contributed by atoms with Crippen molar-refractivity contribution in [2.75, 3.05) is 6.54 Å². The number of carboxylic acids is 1. The van der Waals surface area contributed by atoms with Gasteiger partial charge in [0.25, 0.3) is 0 Å². The van der Waals surface area contributed by atoms with Gasteiger partial charge in [-0.3, -0.25) is 14.4 Å². The van der Waals surface area contributed by atoms with Crippen molar-refractivity contribution in [2.45, 2.75) is 69.9 Å². The number of rotatable bonds is 5. The average Bonchev–Trinajstić information content (AvgIpc) is 2.84. The van der Waals surface area contributed by atoms with E-state index in [4.69, 9.17) is 5.11 Å². The summed E-state index contributed by atoms with van der Waals surface area (Å²) in [6, 6.07) is -0.521. The Kier molecular flexibility index (Phi) is 4.85. The van der Waals surface area contributed by atoms with E-state index in [2.05, 4.69) is 5.32 Å². The zero-order chi connectivity index (χ0) is 15.5. The summed E-state index contributed by atoms with van der Waals surface area (Å²) in [6.45, 7) is 2.33. The van der Waals surface area contributed by atoms with Crippen molar-refractivity contribution in [3.63, 3.8) is 0 Å². The Morgan fingerprint density at radius 2 is 1.95 bits per heavy atom. The molecule has 2 fully saturated rings. The molecule has 2 amide bonds. The molecule has 6 nitrogen and oxygen atoms in total. The first kappa shape index (κ1) is 15.8. The molecule has 0 aromatic rings. The van der Waals surface area contributed by atoms with Crippen LogP contribution in [0, 0.1) is 0 Å². The van der Waals surface area contributed by atoms with Gasteiger partial charge in [-0.15, -0.1) is 0 Å². The summed E-state index contributed by atoms with van der Waals surface area (Å²) in [5.74, 6) is -1.11. The SMILES string of the molecule is C[C@@H](C(=O)NC1(CC(=O)O)CCCCC1)N1CCCC1=O. The monoisotopic (exact) mass is 296 g/mol. The van der Waals surface area contributed by atoms with E-state index in [0.717, 1.165) is 25.7 Å². The van der Waals surface area contributed by atoms with E-state index >= 15 is 0 Å². The van der Waals surface area contributed by atoms with Gasteiger partial charge in [-0.25, -0.2) is 0 Å². The van der Waals surface area contributed by atoms with E-state index < -0.39 is 17.6 Å². The van der Waals surface area contributed by atoms with E-state index in [-0.39, 0.29) is 18.2 Å². The summed E-state index contributed by atoms with van der Waals surface area (Å²) in [5.41, 5.74) is -0.641. The second kappa shape index (κ2) is 6.45. The standard InChI is InChI=1S/C15H24N2O4/c1-11(17-9-5-6-12(17)18)14(21)16-15(10-13(19)20)7-3-2-4-8-15/h11H,2-10H2,1H3,(H,16,21)(H,19,20)/t11-/m0/s1. The highest BCUT2D eigenvalue weighted by Gasteiger charge is 2.38. The second-order valence-corrected chi connectivity index (χ2v) is 6.27. The lowest BCUT2D eigenvalue weighted by atomic mass is 9.79. The van der Waals surface area contributed by atoms with Crippen LogP contribution in [0.5, 0.6) is 0 Å². The van der Waals surface area contributed by atoms with Crippen LogP contribution in [-0.2, 0) is 14.4 Å². The molecule has 2 aliphatic rings. The molecule has 1 aliphatic heterocycles. The number of nitrogens with one attached hydrogen (secondary N) is 1. The first-order chi connectivity index (χ1) is 9.93. The number of carbonyl (C=O) groups is 3. The van der Waals surface area contributed by atoms with Gasteiger partial charge < -0.3 is 15.3 Å². The lowest BCUT2D eigenvalue weighted by Crippen LogP contribution is -2.56. The highest BCUT2D eigenvalue weighted by Crippen LogP contribution is 2.31. The summed E-state index contributed by atoms with van der Waals surface area (Å²) in [6.07, 6.45) is 5.60. The maximum absolute atomic E-state index is 12.4. The average molecular weight is 296 g/mol. The second-order valence-electron chi connectivity index (χ2n) is 6.27. The number of aliphatic carboxylic acids is 1. The van der Waals surface area contributed by atoms with Crippen molar-refractivity contribution >= 4 is 17.8 Å². The fourth-order valence-corrected chi connectivity index (χ4v) is 3.45. The molecule has 0 aromatic heterocycles. The molecule has 0 aromatic carbocycles. The van der Waals surface area contributed by atoms with Crippen molar-refractivity contribution in [1.29, 1.82) is 0 Å². The first-order valence-corrected chi connectivity index (χ1v) is 7.77. The van der Waals surface area contributed by atoms with Crippen LogP contribution in [0.1, 0.15) is 58.3 Å². The van der Waals surface area contributed by atoms with E-state index in [9.17, 15) is 14.4 Å². The van der Waals surface area contributed by atoms with Crippen LogP contribution in [0.15, 0.2) is 0 Å². The van der Waals surface area contributed by atoms with Crippen LogP contribution in [-0.4, -0.2) is 45.9 Å². The third-order valence-corrected chi connectivity index (χ3v) is 4.65. The van der Waals surface area contributed by atoms with Gasteiger partial charge >= 0.3 is 5.97 Å². The fraction of sp³-hybridized carbons (Fsp3) is 0.800. The summed E-state index contributed by atoms with van der Waals surface area (Å²) in [7, 11) is 0. The van der Waals surface area contributed by atoms with Crippen LogP contribution >= 0.6 is 0 Å². The van der Waals surface area contributed by atoms with Crippen LogP contribution in [0.2, 0.25) is 0 Å². The molecule has 0 spiro atoms. The molecule has 6 heteroatoms. The van der Waals surface area contributed by atoms with Crippen molar-refractivity contribution < 1.29 is 19.5 Å². The number of hydrogen-bond donors (Lipinski definition) is 2. The number of hydrogen-bond acceptors (Lipinski definition) is 3. The van der Waals surface area contributed by atoms with Gasteiger partial charge in [0, 0.05) is 13.0 Å². The number of carboxylic acid groups (broad SMARTS) is 1. The van der Waals surface area contributed by atoms with Crippen molar-refractivity contribution in [3.8, 4) is 0 Å². The Hall–Kier alpha value is -1.59. The molecule has 2 N–H and O–H groups in total. The first-order valence-electron chi connectivity index (χ1n) is 7.77. The van der Waals surface area contributed by atoms with E-state index in [1.165, 1.54) is 0 Å². The maximum Gasteiger partial charge on any atom is 0.305 e. The van der Waals surface area contributed by atoms with Gasteiger partial charge in [0.05, 0.1) is 12.0 Å². The predicted molar refractivity (Wildman–Crippen MR) is 76.6 cm³/mol.